The topological polar surface area (TPSA) is 55.8 Å². The number of aliphatic hydroxyl groups is 1. The summed E-state index contributed by atoms with van der Waals surface area (Å²) < 4.78 is 10.7. The molecule has 0 heterocycles. The number of carbonyl (C=O) groups is 1. The lowest BCUT2D eigenvalue weighted by Gasteiger charge is -2.24. The molecule has 0 radical (unpaired) electrons. The molecule has 0 spiro atoms. The van der Waals surface area contributed by atoms with E-state index in [1.807, 2.05) is 19.1 Å². The lowest BCUT2D eigenvalue weighted by Crippen LogP contribution is -2.19. The summed E-state index contributed by atoms with van der Waals surface area (Å²) in [6.45, 7) is 1.64. The Morgan fingerprint density at radius 2 is 1.74 bits per heavy atom. The zero-order chi connectivity index (χ0) is 16.7. The van der Waals surface area contributed by atoms with Crippen LogP contribution in [0, 0.1) is 6.92 Å². The molecule has 0 saturated carbocycles. The van der Waals surface area contributed by atoms with Gasteiger partial charge in [0.2, 0.25) is 0 Å². The van der Waals surface area contributed by atoms with Crippen LogP contribution in [0.2, 0.25) is 5.02 Å². The number of methoxy groups -OCH3 is 2. The minimum Gasteiger partial charge on any atom is -0.496 e. The van der Waals surface area contributed by atoms with Gasteiger partial charge in [-0.25, -0.2) is 0 Å². The maximum absolute atomic E-state index is 13.0. The van der Waals surface area contributed by atoms with Crippen molar-refractivity contribution < 1.29 is 19.4 Å². The van der Waals surface area contributed by atoms with E-state index in [9.17, 15) is 9.90 Å². The minimum absolute atomic E-state index is 0.174. The van der Waals surface area contributed by atoms with Crippen LogP contribution in [0.15, 0.2) is 18.2 Å². The van der Waals surface area contributed by atoms with E-state index in [1.165, 1.54) is 7.11 Å². The fourth-order valence-electron chi connectivity index (χ4n) is 3.18. The predicted molar refractivity (Wildman–Crippen MR) is 87.9 cm³/mol. The van der Waals surface area contributed by atoms with Crippen molar-refractivity contribution in [2.75, 3.05) is 14.2 Å². The lowest BCUT2D eigenvalue weighted by atomic mass is 9.81. The molecular formula is C18H17ClO4. The first-order valence-electron chi connectivity index (χ1n) is 7.23. The number of ketones is 1. The van der Waals surface area contributed by atoms with Crippen molar-refractivity contribution in [1.82, 2.24) is 0 Å². The second kappa shape index (κ2) is 5.87. The zero-order valence-electron chi connectivity index (χ0n) is 13.2. The Morgan fingerprint density at radius 1 is 1.09 bits per heavy atom. The van der Waals surface area contributed by atoms with E-state index in [2.05, 4.69) is 0 Å². The van der Waals surface area contributed by atoms with Gasteiger partial charge in [-0.3, -0.25) is 4.79 Å². The molecule has 120 valence electrons. The monoisotopic (exact) mass is 332 g/mol. The molecule has 2 aromatic rings. The van der Waals surface area contributed by atoms with E-state index in [0.29, 0.717) is 34.6 Å². The molecule has 0 aliphatic heterocycles. The number of aryl methyl sites for hydroxylation is 1. The van der Waals surface area contributed by atoms with Gasteiger partial charge in [0.15, 0.2) is 5.78 Å². The number of hydrogen-bond acceptors (Lipinski definition) is 4. The normalized spacial score (nSPS) is 12.7. The highest BCUT2D eigenvalue weighted by atomic mass is 35.5. The standard InChI is InChI=1S/C18H17ClO4/c1-9-4-10-6-11-7-14(23-3)17(19)12(8-20)15(11)18(21)16(10)13(5-9)22-2/h4-5,7,20H,6,8H2,1-3H3. The number of carbonyl (C=O) groups excluding carboxylic acids is 1. The number of fused-ring (bicyclic) bond motifs is 2. The SMILES string of the molecule is COc1cc2c(c(CO)c1Cl)C(=O)c1c(cc(C)cc1OC)C2. The summed E-state index contributed by atoms with van der Waals surface area (Å²) in [5, 5.41) is 9.98. The number of hydrogen-bond donors (Lipinski definition) is 1. The average molecular weight is 333 g/mol. The number of ether oxygens (including phenoxy) is 2. The summed E-state index contributed by atoms with van der Waals surface area (Å²) in [7, 11) is 3.06. The van der Waals surface area contributed by atoms with E-state index < -0.39 is 0 Å². The van der Waals surface area contributed by atoms with Crippen molar-refractivity contribution >= 4 is 17.4 Å². The Morgan fingerprint density at radius 3 is 2.35 bits per heavy atom. The highest BCUT2D eigenvalue weighted by Crippen LogP contribution is 2.41. The van der Waals surface area contributed by atoms with E-state index in [4.69, 9.17) is 21.1 Å². The third-order valence-electron chi connectivity index (χ3n) is 4.17. The van der Waals surface area contributed by atoms with Crippen molar-refractivity contribution in [2.45, 2.75) is 20.0 Å². The van der Waals surface area contributed by atoms with Crippen LogP contribution >= 0.6 is 11.6 Å². The van der Waals surface area contributed by atoms with Gasteiger partial charge in [0.1, 0.15) is 11.5 Å². The Kier molecular flexibility index (Phi) is 4.04. The molecule has 3 rings (SSSR count). The van der Waals surface area contributed by atoms with E-state index in [1.54, 1.807) is 13.2 Å². The molecule has 0 bridgehead atoms. The molecule has 23 heavy (non-hydrogen) atoms. The molecule has 5 heteroatoms. The van der Waals surface area contributed by atoms with Crippen LogP contribution in [0.3, 0.4) is 0 Å². The number of rotatable bonds is 3. The summed E-state index contributed by atoms with van der Waals surface area (Å²) in [6.07, 6.45) is 0.564. The first-order chi connectivity index (χ1) is 11.0. The van der Waals surface area contributed by atoms with Crippen molar-refractivity contribution in [3.05, 3.63) is 56.6 Å². The summed E-state index contributed by atoms with van der Waals surface area (Å²) in [5.41, 5.74) is 4.14. The smallest absolute Gasteiger partial charge is 0.197 e. The van der Waals surface area contributed by atoms with Gasteiger partial charge in [-0.05, 0) is 42.2 Å². The second-order valence-corrected chi connectivity index (χ2v) is 5.95. The Labute approximate surface area is 139 Å². The fourth-order valence-corrected chi connectivity index (χ4v) is 3.47. The van der Waals surface area contributed by atoms with Gasteiger partial charge in [0, 0.05) is 11.1 Å². The molecule has 0 unspecified atom stereocenters. The van der Waals surface area contributed by atoms with Crippen LogP contribution in [-0.4, -0.2) is 25.1 Å². The molecule has 2 aromatic carbocycles. The lowest BCUT2D eigenvalue weighted by molar-refractivity contribution is 0.102. The largest absolute Gasteiger partial charge is 0.496 e. The van der Waals surface area contributed by atoms with Gasteiger partial charge in [-0.1, -0.05) is 17.7 Å². The van der Waals surface area contributed by atoms with Crippen LogP contribution in [-0.2, 0) is 13.0 Å². The molecule has 0 saturated heterocycles. The van der Waals surface area contributed by atoms with Crippen molar-refractivity contribution in [3.63, 3.8) is 0 Å². The third kappa shape index (κ3) is 2.38. The number of halogens is 1. The molecule has 4 nitrogen and oxygen atoms in total. The van der Waals surface area contributed by atoms with E-state index in [-0.39, 0.29) is 17.4 Å². The average Bonchev–Trinajstić information content (AvgIpc) is 2.53. The van der Waals surface area contributed by atoms with Gasteiger partial charge in [0.05, 0.1) is 31.4 Å². The van der Waals surface area contributed by atoms with Crippen LogP contribution in [0.25, 0.3) is 0 Å². The van der Waals surface area contributed by atoms with Crippen molar-refractivity contribution in [1.29, 1.82) is 0 Å². The van der Waals surface area contributed by atoms with Crippen LogP contribution in [0.4, 0.5) is 0 Å². The fraction of sp³-hybridized carbons (Fsp3) is 0.278. The van der Waals surface area contributed by atoms with Crippen LogP contribution in [0.1, 0.15) is 38.2 Å². The summed E-state index contributed by atoms with van der Waals surface area (Å²) in [4.78, 5) is 13.0. The van der Waals surface area contributed by atoms with Crippen LogP contribution < -0.4 is 9.47 Å². The van der Waals surface area contributed by atoms with E-state index in [0.717, 1.165) is 16.7 Å². The molecular weight excluding hydrogens is 316 g/mol. The first-order valence-corrected chi connectivity index (χ1v) is 7.60. The highest BCUT2D eigenvalue weighted by molar-refractivity contribution is 6.34. The molecule has 0 atom stereocenters. The molecule has 0 amide bonds. The first kappa shape index (κ1) is 15.8. The summed E-state index contributed by atoms with van der Waals surface area (Å²) in [6, 6.07) is 5.59. The Balaban J connectivity index is 2.29. The van der Waals surface area contributed by atoms with Gasteiger partial charge < -0.3 is 14.6 Å². The molecule has 1 aliphatic rings. The van der Waals surface area contributed by atoms with Gasteiger partial charge in [0.25, 0.3) is 0 Å². The number of aliphatic hydroxyl groups excluding tert-OH is 1. The zero-order valence-corrected chi connectivity index (χ0v) is 14.0. The van der Waals surface area contributed by atoms with E-state index >= 15 is 0 Å². The van der Waals surface area contributed by atoms with Gasteiger partial charge in [-0.15, -0.1) is 0 Å². The Hall–Kier alpha value is -2.04. The molecule has 1 N–H and O–H groups in total. The maximum atomic E-state index is 13.0. The highest BCUT2D eigenvalue weighted by Gasteiger charge is 2.31. The third-order valence-corrected chi connectivity index (χ3v) is 4.59. The predicted octanol–water partition coefficient (Wildman–Crippen LogP) is 3.29. The molecule has 0 aromatic heterocycles. The number of benzene rings is 2. The van der Waals surface area contributed by atoms with Gasteiger partial charge in [-0.2, -0.15) is 0 Å². The minimum atomic E-state index is -0.326. The maximum Gasteiger partial charge on any atom is 0.197 e. The quantitative estimate of drug-likeness (QED) is 0.799. The molecule has 0 fully saturated rings. The Bertz CT molecular complexity index is 811. The summed E-state index contributed by atoms with van der Waals surface area (Å²) >= 11 is 6.27. The van der Waals surface area contributed by atoms with Crippen LogP contribution in [0.5, 0.6) is 11.5 Å². The van der Waals surface area contributed by atoms with Crippen molar-refractivity contribution in [2.24, 2.45) is 0 Å². The molecule has 1 aliphatic carbocycles. The second-order valence-electron chi connectivity index (χ2n) is 5.57. The van der Waals surface area contributed by atoms with Gasteiger partial charge >= 0.3 is 0 Å². The van der Waals surface area contributed by atoms with Crippen molar-refractivity contribution in [3.8, 4) is 11.5 Å². The summed E-state index contributed by atoms with van der Waals surface area (Å²) in [5.74, 6) is 0.837.